The van der Waals surface area contributed by atoms with E-state index in [9.17, 15) is 14.4 Å². The Bertz CT molecular complexity index is 733. The second kappa shape index (κ2) is 8.55. The van der Waals surface area contributed by atoms with Gasteiger partial charge in [0.1, 0.15) is 0 Å². The van der Waals surface area contributed by atoms with E-state index in [1.807, 2.05) is 6.92 Å². The molecule has 2 rings (SSSR count). The fraction of sp³-hybridized carbons (Fsp3) is 0.211. The topological polar surface area (TPSA) is 60.4 Å². The largest absolute Gasteiger partial charge is 0.462 e. The molecule has 124 valence electrons. The van der Waals surface area contributed by atoms with Crippen molar-refractivity contribution in [1.82, 2.24) is 0 Å². The van der Waals surface area contributed by atoms with E-state index in [1.54, 1.807) is 24.3 Å². The molecule has 0 amide bonds. The van der Waals surface area contributed by atoms with Gasteiger partial charge in [-0.1, -0.05) is 41.4 Å². The number of halogens is 1. The number of ether oxygens (including phenoxy) is 1. The maximum Gasteiger partial charge on any atom is 0.338 e. The Hall–Kier alpha value is -2.27. The first-order valence-corrected chi connectivity index (χ1v) is 8.44. The molecule has 4 nitrogen and oxygen atoms in total. The summed E-state index contributed by atoms with van der Waals surface area (Å²) in [6.45, 7) is 2.38. The highest BCUT2D eigenvalue weighted by atomic mass is 79.9. The number of esters is 1. The highest BCUT2D eigenvalue weighted by molar-refractivity contribution is 9.10. The molecular weight excluding hydrogens is 372 g/mol. The van der Waals surface area contributed by atoms with Gasteiger partial charge in [0.2, 0.25) is 11.6 Å². The van der Waals surface area contributed by atoms with Crippen LogP contribution in [0.2, 0.25) is 0 Å². The van der Waals surface area contributed by atoms with Crippen molar-refractivity contribution in [2.75, 3.05) is 6.61 Å². The van der Waals surface area contributed by atoms with Crippen molar-refractivity contribution in [2.24, 2.45) is 0 Å². The molecule has 5 heteroatoms. The lowest BCUT2D eigenvalue weighted by Crippen LogP contribution is -2.15. The van der Waals surface area contributed by atoms with Crippen LogP contribution in [0.15, 0.2) is 53.0 Å². The number of unbranched alkanes of at least 4 members (excludes halogenated alkanes) is 1. The molecule has 0 spiro atoms. The van der Waals surface area contributed by atoms with Crippen LogP contribution in [0.3, 0.4) is 0 Å². The maximum absolute atomic E-state index is 12.2. The summed E-state index contributed by atoms with van der Waals surface area (Å²) in [5.74, 6) is -1.62. The minimum absolute atomic E-state index is 0.244. The van der Waals surface area contributed by atoms with Crippen molar-refractivity contribution in [3.63, 3.8) is 0 Å². The van der Waals surface area contributed by atoms with Crippen molar-refractivity contribution in [1.29, 1.82) is 0 Å². The average Bonchev–Trinajstić information content (AvgIpc) is 2.61. The summed E-state index contributed by atoms with van der Waals surface area (Å²) in [6.07, 6.45) is 1.75. The van der Waals surface area contributed by atoms with Gasteiger partial charge in [0.05, 0.1) is 12.2 Å². The number of benzene rings is 2. The molecule has 0 radical (unpaired) electrons. The zero-order valence-electron chi connectivity index (χ0n) is 13.3. The number of rotatable bonds is 7. The first kappa shape index (κ1) is 18.1. The number of carbonyl (C=O) groups is 3. The Morgan fingerprint density at radius 3 is 1.79 bits per heavy atom. The number of Topliss-reactive ketones (excluding diaryl/α,β-unsaturated/α-hetero) is 2. The van der Waals surface area contributed by atoms with E-state index >= 15 is 0 Å². The monoisotopic (exact) mass is 388 g/mol. The van der Waals surface area contributed by atoms with Gasteiger partial charge < -0.3 is 4.74 Å². The Morgan fingerprint density at radius 2 is 1.29 bits per heavy atom. The molecule has 0 fully saturated rings. The first-order chi connectivity index (χ1) is 11.5. The molecule has 0 bridgehead atoms. The SMILES string of the molecule is CCCCOC(=O)c1ccc(C(=O)C(=O)c2ccc(Br)cc2)cc1. The van der Waals surface area contributed by atoms with E-state index in [4.69, 9.17) is 4.74 Å². The fourth-order valence-corrected chi connectivity index (χ4v) is 2.28. The third kappa shape index (κ3) is 4.61. The van der Waals surface area contributed by atoms with Crippen molar-refractivity contribution in [3.05, 3.63) is 69.7 Å². The number of hydrogen-bond acceptors (Lipinski definition) is 4. The van der Waals surface area contributed by atoms with Crippen LogP contribution in [0.4, 0.5) is 0 Å². The molecule has 0 unspecified atom stereocenters. The summed E-state index contributed by atoms with van der Waals surface area (Å²) in [5.41, 5.74) is 0.929. The molecule has 24 heavy (non-hydrogen) atoms. The van der Waals surface area contributed by atoms with E-state index in [0.717, 1.165) is 17.3 Å². The van der Waals surface area contributed by atoms with Crippen LogP contribution in [0, 0.1) is 0 Å². The van der Waals surface area contributed by atoms with Crippen LogP contribution in [0.1, 0.15) is 50.8 Å². The number of hydrogen-bond donors (Lipinski definition) is 0. The molecule has 0 aliphatic carbocycles. The van der Waals surface area contributed by atoms with E-state index in [1.165, 1.54) is 24.3 Å². The zero-order valence-corrected chi connectivity index (χ0v) is 14.8. The van der Waals surface area contributed by atoms with Crippen molar-refractivity contribution >= 4 is 33.5 Å². The quantitative estimate of drug-likeness (QED) is 0.303. The Labute approximate surface area is 149 Å². The highest BCUT2D eigenvalue weighted by Crippen LogP contribution is 2.14. The normalized spacial score (nSPS) is 10.2. The standard InChI is InChI=1S/C19H17BrO4/c1-2-3-12-24-19(23)15-6-4-13(5-7-15)17(21)18(22)14-8-10-16(20)11-9-14/h4-11H,2-3,12H2,1H3. The lowest BCUT2D eigenvalue weighted by Gasteiger charge is -2.05. The molecule has 2 aromatic carbocycles. The van der Waals surface area contributed by atoms with Crippen molar-refractivity contribution in [3.8, 4) is 0 Å². The lowest BCUT2D eigenvalue weighted by molar-refractivity contribution is 0.0499. The maximum atomic E-state index is 12.2. The summed E-state index contributed by atoms with van der Waals surface area (Å²) in [4.78, 5) is 36.2. The molecule has 0 N–H and O–H groups in total. The summed E-state index contributed by atoms with van der Waals surface area (Å²) in [5, 5.41) is 0. The molecule has 0 aromatic heterocycles. The molecule has 2 aromatic rings. The minimum Gasteiger partial charge on any atom is -0.462 e. The van der Waals surface area contributed by atoms with Crippen LogP contribution < -0.4 is 0 Å². The summed E-state index contributed by atoms with van der Waals surface area (Å²) < 4.78 is 5.93. The van der Waals surface area contributed by atoms with Crippen molar-refractivity contribution in [2.45, 2.75) is 19.8 Å². The van der Waals surface area contributed by atoms with Gasteiger partial charge in [0, 0.05) is 15.6 Å². The smallest absolute Gasteiger partial charge is 0.338 e. The van der Waals surface area contributed by atoms with Gasteiger partial charge in [-0.25, -0.2) is 4.79 Å². The van der Waals surface area contributed by atoms with Crippen molar-refractivity contribution < 1.29 is 19.1 Å². The van der Waals surface area contributed by atoms with Crippen LogP contribution in [-0.2, 0) is 4.74 Å². The molecule has 0 saturated heterocycles. The Morgan fingerprint density at radius 1 is 0.833 bits per heavy atom. The highest BCUT2D eigenvalue weighted by Gasteiger charge is 2.18. The van der Waals surface area contributed by atoms with Gasteiger partial charge in [-0.2, -0.15) is 0 Å². The molecule has 0 atom stereocenters. The Kier molecular flexibility index (Phi) is 6.44. The summed E-state index contributed by atoms with van der Waals surface area (Å²) >= 11 is 3.28. The Balaban J connectivity index is 2.06. The lowest BCUT2D eigenvalue weighted by atomic mass is 10.0. The van der Waals surface area contributed by atoms with Crippen LogP contribution in [-0.4, -0.2) is 24.1 Å². The molecule has 0 saturated carbocycles. The van der Waals surface area contributed by atoms with E-state index < -0.39 is 17.5 Å². The molecular formula is C19H17BrO4. The van der Waals surface area contributed by atoms with Crippen LogP contribution in [0.5, 0.6) is 0 Å². The molecule has 0 heterocycles. The summed E-state index contributed by atoms with van der Waals surface area (Å²) in [7, 11) is 0. The average molecular weight is 389 g/mol. The summed E-state index contributed by atoms with van der Waals surface area (Å²) in [6, 6.07) is 12.5. The van der Waals surface area contributed by atoms with E-state index in [2.05, 4.69) is 15.9 Å². The van der Waals surface area contributed by atoms with E-state index in [0.29, 0.717) is 17.7 Å². The van der Waals surface area contributed by atoms with Crippen LogP contribution in [0.25, 0.3) is 0 Å². The van der Waals surface area contributed by atoms with Gasteiger partial charge in [-0.05, 0) is 42.8 Å². The third-order valence-electron chi connectivity index (χ3n) is 3.43. The number of ketones is 2. The molecule has 0 aliphatic heterocycles. The van der Waals surface area contributed by atoms with E-state index in [-0.39, 0.29) is 5.56 Å². The first-order valence-electron chi connectivity index (χ1n) is 7.64. The zero-order chi connectivity index (χ0) is 17.5. The van der Waals surface area contributed by atoms with Crippen LogP contribution >= 0.6 is 15.9 Å². The van der Waals surface area contributed by atoms with Gasteiger partial charge in [-0.15, -0.1) is 0 Å². The predicted molar refractivity (Wildman–Crippen MR) is 94.4 cm³/mol. The van der Waals surface area contributed by atoms with Gasteiger partial charge in [-0.3, -0.25) is 9.59 Å². The molecule has 0 aliphatic rings. The second-order valence-electron chi connectivity index (χ2n) is 5.23. The van der Waals surface area contributed by atoms with Gasteiger partial charge >= 0.3 is 5.97 Å². The third-order valence-corrected chi connectivity index (χ3v) is 3.96. The fourth-order valence-electron chi connectivity index (χ4n) is 2.01. The second-order valence-corrected chi connectivity index (χ2v) is 6.15. The van der Waals surface area contributed by atoms with Gasteiger partial charge in [0.25, 0.3) is 0 Å². The minimum atomic E-state index is -0.608. The van der Waals surface area contributed by atoms with Gasteiger partial charge in [0.15, 0.2) is 0 Å². The number of carbonyl (C=O) groups excluding carboxylic acids is 3. The predicted octanol–water partition coefficient (Wildman–Crippen LogP) is 4.47.